The van der Waals surface area contributed by atoms with Crippen molar-refractivity contribution in [3.63, 3.8) is 0 Å². The fourth-order valence-corrected chi connectivity index (χ4v) is 3.64. The van der Waals surface area contributed by atoms with Crippen molar-refractivity contribution < 1.29 is 41.0 Å². The predicted octanol–water partition coefficient (Wildman–Crippen LogP) is 2.58. The van der Waals surface area contributed by atoms with Crippen LogP contribution in [0.5, 0.6) is 5.75 Å². The van der Waals surface area contributed by atoms with Gasteiger partial charge in [-0.2, -0.15) is 0 Å². The number of morpholine rings is 1. The average molecular weight is 456 g/mol. The SMILES string of the molecule is O=C(C1CN(C(=O)Cc2c(F)c(F)c(F)c(F)c2F)c2ccccc2O1)N1CCOCC1. The van der Waals surface area contributed by atoms with E-state index in [9.17, 15) is 31.5 Å². The topological polar surface area (TPSA) is 59.1 Å². The van der Waals surface area contributed by atoms with Gasteiger partial charge >= 0.3 is 0 Å². The largest absolute Gasteiger partial charge is 0.476 e. The number of benzene rings is 2. The molecule has 0 spiro atoms. The van der Waals surface area contributed by atoms with Crippen LogP contribution in [-0.2, 0) is 20.7 Å². The molecule has 0 bridgehead atoms. The van der Waals surface area contributed by atoms with Gasteiger partial charge in [-0.15, -0.1) is 0 Å². The highest BCUT2D eigenvalue weighted by molar-refractivity contribution is 5.98. The van der Waals surface area contributed by atoms with Crippen molar-refractivity contribution in [1.82, 2.24) is 4.90 Å². The van der Waals surface area contributed by atoms with E-state index >= 15 is 0 Å². The molecule has 32 heavy (non-hydrogen) atoms. The number of ether oxygens (including phenoxy) is 2. The maximum atomic E-state index is 14.1. The highest BCUT2D eigenvalue weighted by Gasteiger charge is 2.37. The first-order chi connectivity index (χ1) is 15.3. The van der Waals surface area contributed by atoms with Crippen LogP contribution in [0.4, 0.5) is 27.6 Å². The van der Waals surface area contributed by atoms with E-state index in [1.807, 2.05) is 0 Å². The molecular formula is C21H17F5N2O4. The molecule has 0 radical (unpaired) electrons. The van der Waals surface area contributed by atoms with Gasteiger partial charge < -0.3 is 19.3 Å². The Hall–Kier alpha value is -3.21. The van der Waals surface area contributed by atoms with Gasteiger partial charge in [-0.1, -0.05) is 12.1 Å². The summed E-state index contributed by atoms with van der Waals surface area (Å²) in [4.78, 5) is 28.4. The zero-order chi connectivity index (χ0) is 23.0. The minimum atomic E-state index is -2.30. The Labute approximate surface area is 179 Å². The Morgan fingerprint density at radius 2 is 1.50 bits per heavy atom. The van der Waals surface area contributed by atoms with Gasteiger partial charge in [0.25, 0.3) is 5.91 Å². The minimum absolute atomic E-state index is 0.177. The van der Waals surface area contributed by atoms with Crippen molar-refractivity contribution in [3.8, 4) is 5.75 Å². The molecule has 2 heterocycles. The Bertz CT molecular complexity index is 1050. The zero-order valence-corrected chi connectivity index (χ0v) is 16.5. The maximum absolute atomic E-state index is 14.1. The van der Waals surface area contributed by atoms with E-state index < -0.39 is 59.0 Å². The molecule has 1 saturated heterocycles. The van der Waals surface area contributed by atoms with E-state index in [0.29, 0.717) is 26.3 Å². The van der Waals surface area contributed by atoms with Crippen molar-refractivity contribution in [2.75, 3.05) is 37.7 Å². The lowest BCUT2D eigenvalue weighted by molar-refractivity contribution is -0.142. The first-order valence-electron chi connectivity index (χ1n) is 9.72. The number of amides is 2. The second kappa shape index (κ2) is 8.73. The maximum Gasteiger partial charge on any atom is 0.265 e. The van der Waals surface area contributed by atoms with Crippen molar-refractivity contribution in [1.29, 1.82) is 0 Å². The van der Waals surface area contributed by atoms with E-state index in [4.69, 9.17) is 9.47 Å². The number of rotatable bonds is 3. The number of carbonyl (C=O) groups is 2. The van der Waals surface area contributed by atoms with Gasteiger partial charge in [-0.3, -0.25) is 9.59 Å². The van der Waals surface area contributed by atoms with Gasteiger partial charge in [-0.25, -0.2) is 22.0 Å². The van der Waals surface area contributed by atoms with E-state index in [1.165, 1.54) is 17.0 Å². The summed E-state index contributed by atoms with van der Waals surface area (Å²) in [5.41, 5.74) is -1.03. The third kappa shape index (κ3) is 3.88. The zero-order valence-electron chi connectivity index (χ0n) is 16.5. The van der Waals surface area contributed by atoms with E-state index in [0.717, 1.165) is 4.90 Å². The minimum Gasteiger partial charge on any atom is -0.476 e. The number of hydrogen-bond acceptors (Lipinski definition) is 4. The summed E-state index contributed by atoms with van der Waals surface area (Å²) in [5.74, 6) is -11.9. The Morgan fingerprint density at radius 3 is 2.16 bits per heavy atom. The number of anilines is 1. The van der Waals surface area contributed by atoms with Gasteiger partial charge in [0.05, 0.1) is 31.9 Å². The van der Waals surface area contributed by atoms with Gasteiger partial charge in [0.1, 0.15) is 5.75 Å². The molecule has 170 valence electrons. The van der Waals surface area contributed by atoms with Crippen LogP contribution in [0.2, 0.25) is 0 Å². The van der Waals surface area contributed by atoms with Gasteiger partial charge in [0.15, 0.2) is 29.4 Å². The fourth-order valence-electron chi connectivity index (χ4n) is 3.64. The highest BCUT2D eigenvalue weighted by Crippen LogP contribution is 2.34. The van der Waals surface area contributed by atoms with E-state index in [1.54, 1.807) is 12.1 Å². The standard InChI is InChI=1S/C21H17F5N2O4/c22-16-11(17(23)19(25)20(26)18(16)24)9-15(29)28-10-14(21(30)27-5-7-31-8-6-27)32-13-4-2-1-3-12(13)28/h1-4,14H,5-10H2. The molecule has 1 unspecified atom stereocenters. The molecule has 0 aliphatic carbocycles. The van der Waals surface area contributed by atoms with Crippen LogP contribution in [0, 0.1) is 29.1 Å². The van der Waals surface area contributed by atoms with E-state index in [2.05, 4.69) is 0 Å². The van der Waals surface area contributed by atoms with Crippen molar-refractivity contribution in [2.24, 2.45) is 0 Å². The van der Waals surface area contributed by atoms with Crippen molar-refractivity contribution >= 4 is 17.5 Å². The summed E-state index contributed by atoms with van der Waals surface area (Å²) in [6, 6.07) is 6.17. The molecule has 0 aromatic heterocycles. The molecular weight excluding hydrogens is 439 g/mol. The Balaban J connectivity index is 1.63. The summed E-state index contributed by atoms with van der Waals surface area (Å²) in [7, 11) is 0. The number of hydrogen-bond donors (Lipinski definition) is 0. The summed E-state index contributed by atoms with van der Waals surface area (Å²) < 4.78 is 79.5. The summed E-state index contributed by atoms with van der Waals surface area (Å²) in [6.07, 6.45) is -2.21. The molecule has 1 fully saturated rings. The molecule has 0 saturated carbocycles. The lowest BCUT2D eigenvalue weighted by atomic mass is 10.1. The van der Waals surface area contributed by atoms with Gasteiger partial charge in [-0.05, 0) is 12.1 Å². The molecule has 2 aliphatic heterocycles. The molecule has 6 nitrogen and oxygen atoms in total. The second-order valence-corrected chi connectivity index (χ2v) is 7.24. The molecule has 2 aromatic rings. The summed E-state index contributed by atoms with van der Waals surface area (Å²) in [5, 5.41) is 0. The van der Waals surface area contributed by atoms with Crippen LogP contribution < -0.4 is 9.64 Å². The normalized spacial score (nSPS) is 18.2. The molecule has 2 aromatic carbocycles. The molecule has 2 aliphatic rings. The molecule has 11 heteroatoms. The van der Waals surface area contributed by atoms with Crippen LogP contribution >= 0.6 is 0 Å². The highest BCUT2D eigenvalue weighted by atomic mass is 19.2. The first kappa shape index (κ1) is 22.0. The van der Waals surface area contributed by atoms with Crippen molar-refractivity contribution in [2.45, 2.75) is 12.5 Å². The van der Waals surface area contributed by atoms with Gasteiger partial charge in [0, 0.05) is 18.7 Å². The fraction of sp³-hybridized carbons (Fsp3) is 0.333. The van der Waals surface area contributed by atoms with Crippen molar-refractivity contribution in [3.05, 3.63) is 58.9 Å². The second-order valence-electron chi connectivity index (χ2n) is 7.24. The third-order valence-corrected chi connectivity index (χ3v) is 5.30. The predicted molar refractivity (Wildman–Crippen MR) is 101 cm³/mol. The first-order valence-corrected chi connectivity index (χ1v) is 9.72. The lowest BCUT2D eigenvalue weighted by Gasteiger charge is -2.37. The van der Waals surface area contributed by atoms with Crippen LogP contribution in [0.3, 0.4) is 0 Å². The smallest absolute Gasteiger partial charge is 0.265 e. The Kier molecular flexibility index (Phi) is 6.00. The number of para-hydroxylation sites is 2. The summed E-state index contributed by atoms with van der Waals surface area (Å²) >= 11 is 0. The van der Waals surface area contributed by atoms with Crippen LogP contribution in [0.1, 0.15) is 5.56 Å². The number of halogens is 5. The van der Waals surface area contributed by atoms with Crippen LogP contribution in [0.25, 0.3) is 0 Å². The quantitative estimate of drug-likeness (QED) is 0.405. The molecule has 4 rings (SSSR count). The van der Waals surface area contributed by atoms with Gasteiger partial charge in [0.2, 0.25) is 11.7 Å². The Morgan fingerprint density at radius 1 is 0.906 bits per heavy atom. The number of carbonyl (C=O) groups excluding carboxylic acids is 2. The molecule has 0 N–H and O–H groups in total. The summed E-state index contributed by atoms with van der Waals surface area (Å²) in [6.45, 7) is 1.06. The number of nitrogens with zero attached hydrogens (tertiary/aromatic N) is 2. The lowest BCUT2D eigenvalue weighted by Crippen LogP contribution is -2.54. The average Bonchev–Trinajstić information content (AvgIpc) is 2.83. The van der Waals surface area contributed by atoms with Crippen LogP contribution in [0.15, 0.2) is 24.3 Å². The van der Waals surface area contributed by atoms with Crippen LogP contribution in [-0.4, -0.2) is 55.7 Å². The number of fused-ring (bicyclic) bond motifs is 1. The van der Waals surface area contributed by atoms with E-state index in [-0.39, 0.29) is 18.0 Å². The molecule has 1 atom stereocenters. The monoisotopic (exact) mass is 456 g/mol. The third-order valence-electron chi connectivity index (χ3n) is 5.30. The molecule has 2 amide bonds.